The number of carbonyl (C=O) groups excluding carboxylic acids is 1. The highest BCUT2D eigenvalue weighted by Gasteiger charge is 2.05. The monoisotopic (exact) mass is 286 g/mol. The van der Waals surface area contributed by atoms with Crippen molar-refractivity contribution in [2.24, 2.45) is 0 Å². The Kier molecular flexibility index (Phi) is 5.30. The lowest BCUT2D eigenvalue weighted by Gasteiger charge is -2.03. The minimum Gasteiger partial charge on any atom is -0.395 e. The Hall–Kier alpha value is -2.16. The molecule has 0 aliphatic carbocycles. The molecule has 0 aliphatic rings. The molecule has 1 aromatic heterocycles. The number of hydrogen-bond donors (Lipinski definition) is 2. The molecule has 4 nitrogen and oxygen atoms in total. The van der Waals surface area contributed by atoms with Gasteiger partial charge in [-0.15, -0.1) is 11.3 Å². The van der Waals surface area contributed by atoms with Crippen molar-refractivity contribution in [3.63, 3.8) is 0 Å². The Labute approximate surface area is 121 Å². The molecule has 0 saturated carbocycles. The van der Waals surface area contributed by atoms with Gasteiger partial charge in [0.25, 0.3) is 5.91 Å². The number of hydrogen-bond acceptors (Lipinski definition) is 4. The van der Waals surface area contributed by atoms with Crippen LogP contribution in [0.4, 0.5) is 0 Å². The summed E-state index contributed by atoms with van der Waals surface area (Å²) in [5.41, 5.74) is 1.42. The third-order valence-electron chi connectivity index (χ3n) is 2.50. The number of rotatable bonds is 4. The van der Waals surface area contributed by atoms with Gasteiger partial charge in [-0.05, 0) is 24.3 Å². The van der Waals surface area contributed by atoms with Gasteiger partial charge in [-0.25, -0.2) is 4.98 Å². The number of aliphatic hydroxyl groups excluding tert-OH is 1. The molecule has 2 rings (SSSR count). The standard InChI is InChI=1S/C15H14N2O2S/c18-9-2-1-3-12-4-6-13(7-5-12)15(19)17-11-14-16-8-10-20-14/h4-8,10,18H,2,9,11H2,(H,17,19). The van der Waals surface area contributed by atoms with Gasteiger partial charge in [0.05, 0.1) is 13.2 Å². The Bertz CT molecular complexity index is 610. The molecule has 5 heteroatoms. The van der Waals surface area contributed by atoms with Crippen molar-refractivity contribution in [2.75, 3.05) is 6.61 Å². The molecule has 0 saturated heterocycles. The van der Waals surface area contributed by atoms with Crippen LogP contribution in [0.1, 0.15) is 27.3 Å². The summed E-state index contributed by atoms with van der Waals surface area (Å²) < 4.78 is 0. The molecule has 20 heavy (non-hydrogen) atoms. The van der Waals surface area contributed by atoms with Crippen LogP contribution in [0.25, 0.3) is 0 Å². The van der Waals surface area contributed by atoms with Gasteiger partial charge in [-0.1, -0.05) is 11.8 Å². The molecule has 2 aromatic rings. The topological polar surface area (TPSA) is 62.2 Å². The molecule has 0 spiro atoms. The zero-order valence-corrected chi connectivity index (χ0v) is 11.6. The maximum Gasteiger partial charge on any atom is 0.251 e. The van der Waals surface area contributed by atoms with Gasteiger partial charge in [0.2, 0.25) is 0 Å². The maximum absolute atomic E-state index is 11.9. The normalized spacial score (nSPS) is 9.65. The van der Waals surface area contributed by atoms with Gasteiger partial charge in [0.1, 0.15) is 5.01 Å². The molecule has 0 unspecified atom stereocenters. The molecule has 0 radical (unpaired) electrons. The van der Waals surface area contributed by atoms with Crippen molar-refractivity contribution < 1.29 is 9.90 Å². The second-order valence-corrected chi connectivity index (χ2v) is 4.94. The number of benzene rings is 1. The molecule has 0 bridgehead atoms. The van der Waals surface area contributed by atoms with E-state index in [4.69, 9.17) is 5.11 Å². The van der Waals surface area contributed by atoms with E-state index in [0.29, 0.717) is 18.5 Å². The van der Waals surface area contributed by atoms with E-state index in [9.17, 15) is 4.79 Å². The summed E-state index contributed by atoms with van der Waals surface area (Å²) in [6.07, 6.45) is 2.17. The molecule has 2 N–H and O–H groups in total. The second-order valence-electron chi connectivity index (χ2n) is 3.96. The third-order valence-corrected chi connectivity index (χ3v) is 3.28. The maximum atomic E-state index is 11.9. The van der Waals surface area contributed by atoms with Gasteiger partial charge in [0.15, 0.2) is 0 Å². The average molecular weight is 286 g/mol. The lowest BCUT2D eigenvalue weighted by molar-refractivity contribution is 0.0951. The highest BCUT2D eigenvalue weighted by Crippen LogP contribution is 2.06. The summed E-state index contributed by atoms with van der Waals surface area (Å²) in [6.45, 7) is 0.499. The second kappa shape index (κ2) is 7.43. The summed E-state index contributed by atoms with van der Waals surface area (Å²) >= 11 is 1.51. The number of thiazole rings is 1. The van der Waals surface area contributed by atoms with E-state index in [-0.39, 0.29) is 12.5 Å². The third kappa shape index (κ3) is 4.19. The van der Waals surface area contributed by atoms with Gasteiger partial charge in [-0.2, -0.15) is 0 Å². The van der Waals surface area contributed by atoms with E-state index in [0.717, 1.165) is 10.6 Å². The first-order valence-corrected chi connectivity index (χ1v) is 7.04. The summed E-state index contributed by atoms with van der Waals surface area (Å²) in [5, 5.41) is 14.2. The molecular formula is C15H14N2O2S. The number of aliphatic hydroxyl groups is 1. The van der Waals surface area contributed by atoms with Gasteiger partial charge >= 0.3 is 0 Å². The fourth-order valence-corrected chi connectivity index (χ4v) is 2.08. The predicted octanol–water partition coefficient (Wildman–Crippen LogP) is 1.81. The minimum absolute atomic E-state index is 0.0598. The fraction of sp³-hybridized carbons (Fsp3) is 0.200. The van der Waals surface area contributed by atoms with Crippen molar-refractivity contribution in [1.82, 2.24) is 10.3 Å². The molecule has 0 atom stereocenters. The lowest BCUT2D eigenvalue weighted by Crippen LogP contribution is -2.22. The first-order valence-electron chi connectivity index (χ1n) is 6.16. The van der Waals surface area contributed by atoms with Crippen LogP contribution in [0.5, 0.6) is 0 Å². The van der Waals surface area contributed by atoms with Gasteiger partial charge in [0, 0.05) is 29.1 Å². The quantitative estimate of drug-likeness (QED) is 0.843. The zero-order chi connectivity index (χ0) is 14.2. The smallest absolute Gasteiger partial charge is 0.251 e. The molecule has 1 heterocycles. The van der Waals surface area contributed by atoms with E-state index in [2.05, 4.69) is 22.1 Å². The van der Waals surface area contributed by atoms with Crippen molar-refractivity contribution in [3.8, 4) is 11.8 Å². The molecule has 0 fully saturated rings. The fourth-order valence-electron chi connectivity index (χ4n) is 1.52. The van der Waals surface area contributed by atoms with Crippen molar-refractivity contribution in [1.29, 1.82) is 0 Å². The van der Waals surface area contributed by atoms with E-state index < -0.39 is 0 Å². The number of carbonyl (C=O) groups is 1. The number of nitrogens with zero attached hydrogens (tertiary/aromatic N) is 1. The highest BCUT2D eigenvalue weighted by atomic mass is 32.1. The van der Waals surface area contributed by atoms with Crippen LogP contribution in [0.2, 0.25) is 0 Å². The predicted molar refractivity (Wildman–Crippen MR) is 78.3 cm³/mol. The van der Waals surface area contributed by atoms with Crippen LogP contribution in [-0.4, -0.2) is 22.6 Å². The van der Waals surface area contributed by atoms with Crippen LogP contribution in [0, 0.1) is 11.8 Å². The van der Waals surface area contributed by atoms with Crippen LogP contribution in [-0.2, 0) is 6.54 Å². The minimum atomic E-state index is -0.130. The summed E-state index contributed by atoms with van der Waals surface area (Å²) in [7, 11) is 0. The van der Waals surface area contributed by atoms with Crippen molar-refractivity contribution in [3.05, 3.63) is 52.0 Å². The lowest BCUT2D eigenvalue weighted by atomic mass is 10.1. The van der Waals surface area contributed by atoms with Gasteiger partial charge < -0.3 is 10.4 Å². The number of amides is 1. The SMILES string of the molecule is O=C(NCc1nccs1)c1ccc(C#CCCO)cc1. The summed E-state index contributed by atoms with van der Waals surface area (Å²) in [5.74, 6) is 5.62. The van der Waals surface area contributed by atoms with Crippen molar-refractivity contribution >= 4 is 17.2 Å². The van der Waals surface area contributed by atoms with Crippen LogP contribution in [0.3, 0.4) is 0 Å². The molecule has 102 valence electrons. The highest BCUT2D eigenvalue weighted by molar-refractivity contribution is 7.09. The molecule has 1 amide bonds. The van der Waals surface area contributed by atoms with Gasteiger partial charge in [-0.3, -0.25) is 4.79 Å². The Morgan fingerprint density at radius 3 is 2.80 bits per heavy atom. The zero-order valence-electron chi connectivity index (χ0n) is 10.8. The van der Waals surface area contributed by atoms with E-state index >= 15 is 0 Å². The summed E-state index contributed by atoms with van der Waals surface area (Å²) in [6, 6.07) is 7.06. The van der Waals surface area contributed by atoms with Crippen LogP contribution in [0.15, 0.2) is 35.8 Å². The van der Waals surface area contributed by atoms with Crippen LogP contribution >= 0.6 is 11.3 Å². The molecular weight excluding hydrogens is 272 g/mol. The Balaban J connectivity index is 1.92. The van der Waals surface area contributed by atoms with E-state index in [1.165, 1.54) is 11.3 Å². The summed E-state index contributed by atoms with van der Waals surface area (Å²) in [4.78, 5) is 16.0. The number of nitrogens with one attached hydrogen (secondary N) is 1. The van der Waals surface area contributed by atoms with Crippen LogP contribution < -0.4 is 5.32 Å². The first kappa shape index (κ1) is 14.3. The molecule has 0 aliphatic heterocycles. The first-order chi connectivity index (χ1) is 9.79. The average Bonchev–Trinajstić information content (AvgIpc) is 2.99. The Morgan fingerprint density at radius 2 is 2.15 bits per heavy atom. The Morgan fingerprint density at radius 1 is 1.35 bits per heavy atom. The number of aromatic nitrogens is 1. The largest absolute Gasteiger partial charge is 0.395 e. The van der Waals surface area contributed by atoms with E-state index in [1.807, 2.05) is 5.38 Å². The molecule has 1 aromatic carbocycles. The van der Waals surface area contributed by atoms with Crippen molar-refractivity contribution in [2.45, 2.75) is 13.0 Å². The van der Waals surface area contributed by atoms with E-state index in [1.54, 1.807) is 30.5 Å².